The Labute approximate surface area is 123 Å². The van der Waals surface area contributed by atoms with Gasteiger partial charge in [-0.3, -0.25) is 4.79 Å². The molecule has 0 fully saturated rings. The molecule has 0 atom stereocenters. The molecule has 118 valence electrons. The van der Waals surface area contributed by atoms with Gasteiger partial charge in [-0.05, 0) is 37.1 Å². The van der Waals surface area contributed by atoms with Crippen LogP contribution in [-0.4, -0.2) is 23.8 Å². The number of hydrogen-bond acceptors (Lipinski definition) is 1. The molecule has 1 aromatic carbocycles. The van der Waals surface area contributed by atoms with Crippen molar-refractivity contribution in [2.75, 3.05) is 0 Å². The van der Waals surface area contributed by atoms with Crippen LogP contribution in [-0.2, 0) is 0 Å². The summed E-state index contributed by atoms with van der Waals surface area (Å²) in [6, 6.07) is 2.34. The van der Waals surface area contributed by atoms with E-state index in [1.54, 1.807) is 0 Å². The van der Waals surface area contributed by atoms with Crippen molar-refractivity contribution in [2.45, 2.75) is 31.9 Å². The second kappa shape index (κ2) is 5.26. The van der Waals surface area contributed by atoms with E-state index in [0.717, 1.165) is 13.8 Å². The third-order valence-electron chi connectivity index (χ3n) is 2.76. The average molecular weight is 381 g/mol. The SMILES string of the molecule is Cc1cc(Br)cc(C)c1C(=O)C(F)(F)C(F)(F)C(F)(F)F. The molecule has 1 nitrogen and oxygen atoms in total. The van der Waals surface area contributed by atoms with Crippen LogP contribution in [0.5, 0.6) is 0 Å². The summed E-state index contributed by atoms with van der Waals surface area (Å²) in [4.78, 5) is 11.6. The number of rotatable bonds is 3. The van der Waals surface area contributed by atoms with Crippen LogP contribution in [0.3, 0.4) is 0 Å². The van der Waals surface area contributed by atoms with Gasteiger partial charge in [-0.25, -0.2) is 0 Å². The normalized spacial score (nSPS) is 13.4. The lowest BCUT2D eigenvalue weighted by atomic mass is 9.93. The fourth-order valence-electron chi connectivity index (χ4n) is 1.75. The van der Waals surface area contributed by atoms with Gasteiger partial charge in [0.05, 0.1) is 0 Å². The van der Waals surface area contributed by atoms with Gasteiger partial charge in [0, 0.05) is 10.0 Å². The quantitative estimate of drug-likeness (QED) is 0.527. The number of carbonyl (C=O) groups excluding carboxylic acids is 1. The van der Waals surface area contributed by atoms with Crippen LogP contribution >= 0.6 is 15.9 Å². The molecule has 0 aliphatic heterocycles. The second-order valence-electron chi connectivity index (χ2n) is 4.39. The number of benzene rings is 1. The molecule has 0 aromatic heterocycles. The summed E-state index contributed by atoms with van der Waals surface area (Å²) < 4.78 is 89.2. The van der Waals surface area contributed by atoms with Crippen molar-refractivity contribution in [1.29, 1.82) is 0 Å². The lowest BCUT2D eigenvalue weighted by Crippen LogP contribution is -2.56. The highest BCUT2D eigenvalue weighted by Gasteiger charge is 2.76. The van der Waals surface area contributed by atoms with Crippen LogP contribution in [0, 0.1) is 13.8 Å². The van der Waals surface area contributed by atoms with E-state index in [2.05, 4.69) is 15.9 Å². The van der Waals surface area contributed by atoms with Crippen LogP contribution in [0.1, 0.15) is 21.5 Å². The molecule has 0 saturated heterocycles. The zero-order valence-corrected chi connectivity index (χ0v) is 12.2. The van der Waals surface area contributed by atoms with E-state index in [1.165, 1.54) is 12.1 Å². The highest BCUT2D eigenvalue weighted by Crippen LogP contribution is 2.48. The van der Waals surface area contributed by atoms with Crippen molar-refractivity contribution >= 4 is 21.7 Å². The lowest BCUT2D eigenvalue weighted by molar-refractivity contribution is -0.339. The van der Waals surface area contributed by atoms with E-state index < -0.39 is 29.4 Å². The predicted octanol–water partition coefficient (Wildman–Crippen LogP) is 5.08. The number of alkyl halides is 7. The summed E-state index contributed by atoms with van der Waals surface area (Å²) >= 11 is 2.99. The van der Waals surface area contributed by atoms with Crippen molar-refractivity contribution in [3.05, 3.63) is 33.3 Å². The first-order valence-electron chi connectivity index (χ1n) is 5.37. The molecule has 0 amide bonds. The molecule has 0 saturated carbocycles. The monoisotopic (exact) mass is 380 g/mol. The minimum atomic E-state index is -6.54. The summed E-state index contributed by atoms with van der Waals surface area (Å²) in [5.41, 5.74) is -1.12. The molecular weight excluding hydrogens is 373 g/mol. The Morgan fingerprint density at radius 3 is 1.67 bits per heavy atom. The Hall–Kier alpha value is -1.12. The van der Waals surface area contributed by atoms with E-state index in [0.29, 0.717) is 4.47 Å². The molecule has 9 heteroatoms. The standard InChI is InChI=1S/C12H8BrF7O/c1-5-3-7(13)4-6(2)8(5)9(21)10(14,15)11(16,17)12(18,19)20/h3-4H,1-2H3. The largest absolute Gasteiger partial charge is 0.460 e. The Kier molecular flexibility index (Phi) is 4.49. The van der Waals surface area contributed by atoms with Gasteiger partial charge in [-0.15, -0.1) is 0 Å². The van der Waals surface area contributed by atoms with Crippen molar-refractivity contribution in [1.82, 2.24) is 0 Å². The van der Waals surface area contributed by atoms with Crippen molar-refractivity contribution < 1.29 is 35.5 Å². The summed E-state index contributed by atoms with van der Waals surface area (Å²) in [5.74, 6) is -14.9. The van der Waals surface area contributed by atoms with Crippen LogP contribution < -0.4 is 0 Å². The van der Waals surface area contributed by atoms with E-state index >= 15 is 0 Å². The van der Waals surface area contributed by atoms with Crippen molar-refractivity contribution in [3.63, 3.8) is 0 Å². The first kappa shape index (κ1) is 17.9. The Morgan fingerprint density at radius 1 is 0.952 bits per heavy atom. The van der Waals surface area contributed by atoms with Crippen molar-refractivity contribution in [3.8, 4) is 0 Å². The maximum atomic E-state index is 13.4. The number of ketones is 1. The number of carbonyl (C=O) groups is 1. The Morgan fingerprint density at radius 2 is 1.33 bits per heavy atom. The van der Waals surface area contributed by atoms with Crippen LogP contribution in [0.25, 0.3) is 0 Å². The highest BCUT2D eigenvalue weighted by molar-refractivity contribution is 9.10. The zero-order chi connectivity index (χ0) is 16.8. The maximum Gasteiger partial charge on any atom is 0.460 e. The number of halogens is 8. The van der Waals surface area contributed by atoms with Gasteiger partial charge >= 0.3 is 18.0 Å². The van der Waals surface area contributed by atoms with Gasteiger partial charge in [-0.2, -0.15) is 30.7 Å². The van der Waals surface area contributed by atoms with Crippen LogP contribution in [0.4, 0.5) is 30.7 Å². The van der Waals surface area contributed by atoms with Gasteiger partial charge in [-0.1, -0.05) is 15.9 Å². The van der Waals surface area contributed by atoms with E-state index in [4.69, 9.17) is 0 Å². The maximum absolute atomic E-state index is 13.4. The minimum absolute atomic E-state index is 0.135. The molecule has 21 heavy (non-hydrogen) atoms. The Balaban J connectivity index is 3.44. The van der Waals surface area contributed by atoms with E-state index in [1.807, 2.05) is 0 Å². The fourth-order valence-corrected chi connectivity index (χ4v) is 2.43. The summed E-state index contributed by atoms with van der Waals surface area (Å²) in [6.07, 6.45) is -6.54. The van der Waals surface area contributed by atoms with Gasteiger partial charge in [0.2, 0.25) is 5.78 Å². The minimum Gasteiger partial charge on any atom is -0.287 e. The molecule has 0 heterocycles. The molecule has 1 aromatic rings. The summed E-state index contributed by atoms with van der Waals surface area (Å²) in [5, 5.41) is 0. The molecule has 0 aliphatic rings. The summed E-state index contributed by atoms with van der Waals surface area (Å²) in [7, 11) is 0. The number of Topliss-reactive ketones (excluding diaryl/α,β-unsaturated/α-hetero) is 1. The summed E-state index contributed by atoms with van der Waals surface area (Å²) in [6.45, 7) is 2.32. The smallest absolute Gasteiger partial charge is 0.287 e. The topological polar surface area (TPSA) is 17.1 Å². The van der Waals surface area contributed by atoms with Gasteiger partial charge in [0.25, 0.3) is 0 Å². The van der Waals surface area contributed by atoms with Crippen LogP contribution in [0.2, 0.25) is 0 Å². The molecule has 0 aliphatic carbocycles. The average Bonchev–Trinajstić information content (AvgIpc) is 2.25. The molecule has 0 unspecified atom stereocenters. The molecule has 1 rings (SSSR count). The van der Waals surface area contributed by atoms with Gasteiger partial charge in [0.15, 0.2) is 0 Å². The van der Waals surface area contributed by atoms with Crippen molar-refractivity contribution in [2.24, 2.45) is 0 Å². The predicted molar refractivity (Wildman–Crippen MR) is 63.9 cm³/mol. The zero-order valence-electron chi connectivity index (χ0n) is 10.6. The number of aryl methyl sites for hydroxylation is 2. The van der Waals surface area contributed by atoms with Gasteiger partial charge in [0.1, 0.15) is 0 Å². The lowest BCUT2D eigenvalue weighted by Gasteiger charge is -2.27. The third kappa shape index (κ3) is 2.93. The third-order valence-corrected chi connectivity index (χ3v) is 3.22. The first-order chi connectivity index (χ1) is 9.23. The van der Waals surface area contributed by atoms with E-state index in [-0.39, 0.29) is 11.1 Å². The van der Waals surface area contributed by atoms with E-state index in [9.17, 15) is 35.5 Å². The highest BCUT2D eigenvalue weighted by atomic mass is 79.9. The molecule has 0 radical (unpaired) electrons. The number of hydrogen-bond donors (Lipinski definition) is 0. The molecular formula is C12H8BrF7O. The molecule has 0 spiro atoms. The molecule has 0 bridgehead atoms. The fraction of sp³-hybridized carbons (Fsp3) is 0.417. The first-order valence-corrected chi connectivity index (χ1v) is 6.16. The Bertz CT molecular complexity index is 554. The molecule has 0 N–H and O–H groups in total. The second-order valence-corrected chi connectivity index (χ2v) is 5.31. The van der Waals surface area contributed by atoms with Gasteiger partial charge < -0.3 is 0 Å². The van der Waals surface area contributed by atoms with Crippen LogP contribution in [0.15, 0.2) is 16.6 Å².